The molecule has 0 aromatic heterocycles. The average Bonchev–Trinajstić information content (AvgIpc) is 3.12. The number of unbranched alkanes of at least 4 members (excludes halogenated alkanes) is 2. The monoisotopic (exact) mass is 735 g/mol. The zero-order valence-electron chi connectivity index (χ0n) is 32.6. The molecule has 1 aliphatic heterocycles. The summed E-state index contributed by atoms with van der Waals surface area (Å²) in [6.45, 7) is 9.40. The zero-order chi connectivity index (χ0) is 38.2. The Morgan fingerprint density at radius 1 is 0.731 bits per heavy atom. The first kappa shape index (κ1) is 43.6. The molecule has 0 aromatic carbocycles. The topological polar surface area (TPSA) is 201 Å². The molecule has 8 N–H and O–H groups in total. The third-order valence-electron chi connectivity index (χ3n) is 11.2. The molecule has 3 rings (SSSR count). The van der Waals surface area contributed by atoms with Gasteiger partial charge in [-0.05, 0) is 76.8 Å². The number of nitrogens with one attached hydrogen (secondary N) is 4. The fraction of sp³-hybridized carbons (Fsp3) is 0.868. The average molecular weight is 735 g/mol. The summed E-state index contributed by atoms with van der Waals surface area (Å²) in [4.78, 5) is 74.1. The Hall–Kier alpha value is -2.81. The molecular formula is C38H70N8O6. The lowest BCUT2D eigenvalue weighted by Gasteiger charge is -2.39. The molecule has 5 amide bonds. The van der Waals surface area contributed by atoms with Gasteiger partial charge in [0.2, 0.25) is 29.5 Å². The summed E-state index contributed by atoms with van der Waals surface area (Å²) in [7, 11) is 1.69. The van der Waals surface area contributed by atoms with Gasteiger partial charge in [0.1, 0.15) is 24.2 Å². The lowest BCUT2D eigenvalue weighted by atomic mass is 9.82. The molecule has 1 saturated heterocycles. The molecule has 52 heavy (non-hydrogen) atoms. The van der Waals surface area contributed by atoms with Crippen LogP contribution in [0, 0.1) is 11.8 Å². The van der Waals surface area contributed by atoms with Crippen molar-refractivity contribution in [2.75, 3.05) is 39.8 Å². The molecule has 0 aromatic rings. The van der Waals surface area contributed by atoms with E-state index in [0.717, 1.165) is 70.6 Å². The molecule has 2 saturated carbocycles. The first-order chi connectivity index (χ1) is 25.0. The van der Waals surface area contributed by atoms with Crippen LogP contribution >= 0.6 is 0 Å². The summed E-state index contributed by atoms with van der Waals surface area (Å²) in [6, 6.07) is -4.77. The summed E-state index contributed by atoms with van der Waals surface area (Å²) >= 11 is 0. The number of nitrogens with zero attached hydrogens (tertiary/aromatic N) is 2. The van der Waals surface area contributed by atoms with Crippen molar-refractivity contribution >= 4 is 29.5 Å². The molecule has 6 atom stereocenters. The van der Waals surface area contributed by atoms with Crippen molar-refractivity contribution in [1.29, 1.82) is 0 Å². The number of carbonyl (C=O) groups is 5. The third-order valence-corrected chi connectivity index (χ3v) is 11.2. The van der Waals surface area contributed by atoms with Gasteiger partial charge in [-0.15, -0.1) is 0 Å². The van der Waals surface area contributed by atoms with Crippen LogP contribution in [0.15, 0.2) is 0 Å². The van der Waals surface area contributed by atoms with Crippen LogP contribution in [0.1, 0.15) is 118 Å². The van der Waals surface area contributed by atoms with Crippen molar-refractivity contribution in [1.82, 2.24) is 31.1 Å². The molecule has 3 fully saturated rings. The molecule has 298 valence electrons. The highest BCUT2D eigenvalue weighted by Gasteiger charge is 2.39. The lowest BCUT2D eigenvalue weighted by Crippen LogP contribution is -2.63. The number of hydrogen-bond donors (Lipinski definition) is 6. The van der Waals surface area contributed by atoms with E-state index in [9.17, 15) is 24.0 Å². The predicted molar refractivity (Wildman–Crippen MR) is 202 cm³/mol. The van der Waals surface area contributed by atoms with Crippen molar-refractivity contribution in [3.63, 3.8) is 0 Å². The molecule has 3 aliphatic rings. The van der Waals surface area contributed by atoms with Crippen LogP contribution in [0.4, 0.5) is 0 Å². The highest BCUT2D eigenvalue weighted by molar-refractivity contribution is 5.96. The first-order valence-electron chi connectivity index (χ1n) is 20.2. The minimum absolute atomic E-state index is 0.0565. The van der Waals surface area contributed by atoms with Crippen molar-refractivity contribution in [3.05, 3.63) is 0 Å². The maximum atomic E-state index is 14.5. The van der Waals surface area contributed by atoms with Gasteiger partial charge in [0.15, 0.2) is 0 Å². The van der Waals surface area contributed by atoms with Crippen molar-refractivity contribution in [2.45, 2.75) is 160 Å². The maximum absolute atomic E-state index is 14.5. The summed E-state index contributed by atoms with van der Waals surface area (Å²) in [5.74, 6) is -1.80. The van der Waals surface area contributed by atoms with E-state index in [-0.39, 0.29) is 43.0 Å². The van der Waals surface area contributed by atoms with Gasteiger partial charge in [0.05, 0.1) is 18.8 Å². The summed E-state index contributed by atoms with van der Waals surface area (Å²) in [5.41, 5.74) is 11.9. The van der Waals surface area contributed by atoms with Gasteiger partial charge < -0.3 is 42.4 Å². The minimum Gasteiger partial charge on any atom is -0.376 e. The standard InChI is InChI=1S/C38H70N8O6/c1-6-9-17-32-38(51)45(5)31(14-8-3)36(49)44-33(27-15-12-11-13-16-27)37(50)42-29(22-40)34(47)43-30(24-52-28-19-26(20-28)21-39)35(48)41-25(4)23-46(32)18-10-7-2/h25-33H,6-24,39-40H2,1-5H3,(H,41,48)(H,42,50)(H,43,47)(H,44,49)/t25-,26-,28-,29+,30+,31+,32+,33+/m1/s1. The smallest absolute Gasteiger partial charge is 0.245 e. The molecule has 14 nitrogen and oxygen atoms in total. The second kappa shape index (κ2) is 22.4. The SMILES string of the molecule is CCCC[C@H]1C(=O)N(C)[C@@H](CCC)C(=O)N[C@@H](C2CCCCC2)C(=O)N[C@@H](CN)C(=O)N[C@@H](CO[C@H]2C[C@H](CN)C2)C(=O)N[C@H](C)CN1CCCC. The van der Waals surface area contributed by atoms with Crippen molar-refractivity contribution < 1.29 is 28.7 Å². The van der Waals surface area contributed by atoms with E-state index in [1.54, 1.807) is 11.9 Å². The van der Waals surface area contributed by atoms with Gasteiger partial charge in [-0.25, -0.2) is 0 Å². The number of amides is 5. The van der Waals surface area contributed by atoms with Crippen molar-refractivity contribution in [2.24, 2.45) is 23.3 Å². The fourth-order valence-electron chi connectivity index (χ4n) is 7.80. The Morgan fingerprint density at radius 2 is 1.38 bits per heavy atom. The molecule has 0 unspecified atom stereocenters. The second-order valence-corrected chi connectivity index (χ2v) is 15.4. The third kappa shape index (κ3) is 12.7. The normalized spacial score (nSPS) is 31.1. The first-order valence-corrected chi connectivity index (χ1v) is 20.2. The van der Waals surface area contributed by atoms with Gasteiger partial charge in [0.25, 0.3) is 0 Å². The highest BCUT2D eigenvalue weighted by Crippen LogP contribution is 2.29. The van der Waals surface area contributed by atoms with Crippen LogP contribution < -0.4 is 32.7 Å². The van der Waals surface area contributed by atoms with E-state index in [2.05, 4.69) is 40.0 Å². The Balaban J connectivity index is 2.03. The Bertz CT molecular complexity index is 1150. The summed E-state index contributed by atoms with van der Waals surface area (Å²) in [5, 5.41) is 11.7. The van der Waals surface area contributed by atoms with Crippen LogP contribution in [-0.4, -0.2) is 122 Å². The highest BCUT2D eigenvalue weighted by atomic mass is 16.5. The van der Waals surface area contributed by atoms with Gasteiger partial charge in [0, 0.05) is 26.2 Å². The van der Waals surface area contributed by atoms with Crippen LogP contribution in [0.5, 0.6) is 0 Å². The van der Waals surface area contributed by atoms with E-state index in [1.807, 2.05) is 13.8 Å². The number of rotatable bonds is 14. The quantitative estimate of drug-likeness (QED) is 0.153. The maximum Gasteiger partial charge on any atom is 0.245 e. The van der Waals surface area contributed by atoms with E-state index in [0.29, 0.717) is 44.8 Å². The van der Waals surface area contributed by atoms with E-state index < -0.39 is 47.9 Å². The zero-order valence-corrected chi connectivity index (χ0v) is 32.6. The number of nitrogens with two attached hydrogens (primary N) is 2. The number of carbonyl (C=O) groups excluding carboxylic acids is 5. The van der Waals surface area contributed by atoms with E-state index >= 15 is 0 Å². The van der Waals surface area contributed by atoms with Gasteiger partial charge in [-0.2, -0.15) is 0 Å². The summed E-state index contributed by atoms with van der Waals surface area (Å²) in [6.07, 6.45) is 11.1. The second-order valence-electron chi connectivity index (χ2n) is 15.4. The summed E-state index contributed by atoms with van der Waals surface area (Å²) < 4.78 is 6.07. The Kier molecular flexibility index (Phi) is 18.8. The predicted octanol–water partition coefficient (Wildman–Crippen LogP) is 1.54. The van der Waals surface area contributed by atoms with Crippen LogP contribution in [-0.2, 0) is 28.7 Å². The molecule has 2 aliphatic carbocycles. The van der Waals surface area contributed by atoms with Gasteiger partial charge in [-0.1, -0.05) is 65.7 Å². The van der Waals surface area contributed by atoms with Crippen molar-refractivity contribution in [3.8, 4) is 0 Å². The number of likely N-dealkylation sites (N-methyl/N-ethyl adjacent to an activating group) is 1. The van der Waals surface area contributed by atoms with Crippen LogP contribution in [0.3, 0.4) is 0 Å². The molecule has 0 spiro atoms. The van der Waals surface area contributed by atoms with Crippen LogP contribution in [0.25, 0.3) is 0 Å². The molecule has 0 bridgehead atoms. The number of hydrogen-bond acceptors (Lipinski definition) is 9. The lowest BCUT2D eigenvalue weighted by molar-refractivity contribution is -0.145. The fourth-order valence-corrected chi connectivity index (χ4v) is 7.80. The minimum atomic E-state index is -1.15. The molecule has 0 radical (unpaired) electrons. The largest absolute Gasteiger partial charge is 0.376 e. The van der Waals surface area contributed by atoms with Gasteiger partial charge >= 0.3 is 0 Å². The van der Waals surface area contributed by atoms with Gasteiger partial charge in [-0.3, -0.25) is 28.9 Å². The molecule has 1 heterocycles. The molecule has 14 heteroatoms. The van der Waals surface area contributed by atoms with Crippen LogP contribution in [0.2, 0.25) is 0 Å². The Labute approximate surface area is 312 Å². The van der Waals surface area contributed by atoms with E-state index in [1.165, 1.54) is 0 Å². The Morgan fingerprint density at radius 3 is 2.00 bits per heavy atom. The number of ether oxygens (including phenoxy) is 1. The van der Waals surface area contributed by atoms with E-state index in [4.69, 9.17) is 16.2 Å². The molecular weight excluding hydrogens is 664 g/mol.